The zero-order valence-corrected chi connectivity index (χ0v) is 10.9. The van der Waals surface area contributed by atoms with E-state index in [1.54, 1.807) is 0 Å². The van der Waals surface area contributed by atoms with Crippen molar-refractivity contribution in [2.75, 3.05) is 7.11 Å². The fourth-order valence-electron chi connectivity index (χ4n) is 1.77. The van der Waals surface area contributed by atoms with Gasteiger partial charge >= 0.3 is 0 Å². The van der Waals surface area contributed by atoms with Crippen LogP contribution in [0, 0.1) is 0 Å². The molecule has 19 heavy (non-hydrogen) atoms. The first kappa shape index (κ1) is 13.9. The van der Waals surface area contributed by atoms with E-state index in [0.29, 0.717) is 10.8 Å². The smallest absolute Gasteiger partial charge is 0.270 e. The third-order valence-electron chi connectivity index (χ3n) is 2.87. The summed E-state index contributed by atoms with van der Waals surface area (Å²) in [5, 5.41) is 10.8. The molecule has 0 spiro atoms. The number of methoxy groups -OCH3 is 1. The highest BCUT2D eigenvalue weighted by molar-refractivity contribution is 6.30. The summed E-state index contributed by atoms with van der Waals surface area (Å²) in [5.41, 5.74) is -2.36. The van der Waals surface area contributed by atoms with Gasteiger partial charge in [-0.1, -0.05) is 11.6 Å². The van der Waals surface area contributed by atoms with Crippen LogP contribution in [-0.2, 0) is 5.60 Å². The van der Waals surface area contributed by atoms with E-state index in [1.807, 2.05) is 0 Å². The summed E-state index contributed by atoms with van der Waals surface area (Å²) < 4.78 is 30.9. The zero-order chi connectivity index (χ0) is 14.2. The minimum Gasteiger partial charge on any atom is -0.481 e. The molecule has 0 radical (unpaired) electrons. The van der Waals surface area contributed by atoms with Crippen LogP contribution in [0.1, 0.15) is 12.5 Å². The molecule has 2 rings (SSSR count). The molecule has 0 saturated carbocycles. The maximum atomic E-state index is 13.0. The summed E-state index contributed by atoms with van der Waals surface area (Å²) >= 11 is 5.77. The number of fused-ring (bicyclic) bond motifs is 1. The van der Waals surface area contributed by atoms with E-state index in [-0.39, 0.29) is 16.6 Å². The van der Waals surface area contributed by atoms with Crippen LogP contribution >= 0.6 is 11.6 Å². The van der Waals surface area contributed by atoms with Gasteiger partial charge in [0.15, 0.2) is 0 Å². The summed E-state index contributed by atoms with van der Waals surface area (Å²) in [6.07, 6.45) is -0.434. The average Bonchev–Trinajstić information content (AvgIpc) is 2.36. The molecule has 2 heterocycles. The van der Waals surface area contributed by atoms with Gasteiger partial charge in [0, 0.05) is 18.0 Å². The van der Waals surface area contributed by atoms with Gasteiger partial charge in [-0.05, 0) is 18.4 Å². The highest BCUT2D eigenvalue weighted by Gasteiger charge is 2.36. The quantitative estimate of drug-likeness (QED) is 0.883. The predicted molar refractivity (Wildman–Crippen MR) is 66.7 cm³/mol. The minimum absolute atomic E-state index is 0.0254. The Bertz CT molecular complexity index is 620. The Labute approximate surface area is 113 Å². The molecule has 7 heteroatoms. The van der Waals surface area contributed by atoms with Gasteiger partial charge in [0.25, 0.3) is 6.43 Å². The van der Waals surface area contributed by atoms with E-state index in [9.17, 15) is 13.9 Å². The van der Waals surface area contributed by atoms with Crippen LogP contribution in [0.2, 0.25) is 5.15 Å². The molecule has 0 amide bonds. The van der Waals surface area contributed by atoms with Crippen molar-refractivity contribution in [1.82, 2.24) is 9.97 Å². The maximum Gasteiger partial charge on any atom is 0.270 e. The van der Waals surface area contributed by atoms with Gasteiger partial charge in [-0.25, -0.2) is 18.7 Å². The lowest BCUT2D eigenvalue weighted by atomic mass is 9.94. The Morgan fingerprint density at radius 2 is 2.00 bits per heavy atom. The molecule has 0 aliphatic carbocycles. The summed E-state index contributed by atoms with van der Waals surface area (Å²) in [6.45, 7) is 1.02. The Hall–Kier alpha value is -1.53. The number of pyridine rings is 2. The molecule has 2 aromatic heterocycles. The van der Waals surface area contributed by atoms with Gasteiger partial charge in [-0.3, -0.25) is 0 Å². The van der Waals surface area contributed by atoms with E-state index in [1.165, 1.54) is 19.4 Å². The summed E-state index contributed by atoms with van der Waals surface area (Å²) in [6, 6.07) is 1.40. The fraction of sp³-hybridized carbons (Fsp3) is 0.333. The van der Waals surface area contributed by atoms with E-state index in [4.69, 9.17) is 16.3 Å². The summed E-state index contributed by atoms with van der Waals surface area (Å²) in [4.78, 5) is 7.77. The van der Waals surface area contributed by atoms with Crippen molar-refractivity contribution < 1.29 is 18.6 Å². The van der Waals surface area contributed by atoms with Gasteiger partial charge in [0.2, 0.25) is 5.88 Å². The molecule has 1 atom stereocenters. The lowest BCUT2D eigenvalue weighted by molar-refractivity contribution is -0.0875. The highest BCUT2D eigenvalue weighted by atomic mass is 35.5. The molecule has 0 aliphatic rings. The van der Waals surface area contributed by atoms with Crippen molar-refractivity contribution in [2.45, 2.75) is 19.0 Å². The topological polar surface area (TPSA) is 55.2 Å². The monoisotopic (exact) mass is 288 g/mol. The summed E-state index contributed by atoms with van der Waals surface area (Å²) in [5.74, 6) is 0.230. The van der Waals surface area contributed by atoms with Gasteiger partial charge in [0.05, 0.1) is 12.5 Å². The lowest BCUT2D eigenvalue weighted by Crippen LogP contribution is -2.30. The van der Waals surface area contributed by atoms with Crippen LogP contribution in [0.3, 0.4) is 0 Å². The number of hydrogen-bond donors (Lipinski definition) is 1. The largest absolute Gasteiger partial charge is 0.481 e. The minimum atomic E-state index is -2.96. The first-order chi connectivity index (χ1) is 8.87. The normalized spacial score (nSPS) is 14.7. The van der Waals surface area contributed by atoms with Crippen molar-refractivity contribution in [3.8, 4) is 5.88 Å². The third-order valence-corrected chi connectivity index (χ3v) is 3.07. The van der Waals surface area contributed by atoms with Gasteiger partial charge in [0.1, 0.15) is 10.8 Å². The molecule has 0 saturated heterocycles. The molecule has 102 valence electrons. The van der Waals surface area contributed by atoms with Gasteiger partial charge < -0.3 is 9.84 Å². The third kappa shape index (κ3) is 2.33. The Balaban J connectivity index is 2.80. The number of aliphatic hydroxyl groups is 1. The molecule has 1 N–H and O–H groups in total. The second kappa shape index (κ2) is 4.86. The van der Waals surface area contributed by atoms with E-state index in [2.05, 4.69) is 9.97 Å². The van der Waals surface area contributed by atoms with Crippen molar-refractivity contribution in [2.24, 2.45) is 0 Å². The molecular weight excluding hydrogens is 278 g/mol. The van der Waals surface area contributed by atoms with E-state index < -0.39 is 12.0 Å². The number of alkyl halides is 2. The lowest BCUT2D eigenvalue weighted by Gasteiger charge is -2.24. The van der Waals surface area contributed by atoms with Crippen molar-refractivity contribution in [1.29, 1.82) is 0 Å². The SMILES string of the molecule is COc1ncc(C(C)(O)C(F)F)c2cc(Cl)ncc12. The van der Waals surface area contributed by atoms with E-state index >= 15 is 0 Å². The van der Waals surface area contributed by atoms with Crippen molar-refractivity contribution >= 4 is 22.4 Å². The first-order valence-electron chi connectivity index (χ1n) is 5.37. The number of nitrogens with zero attached hydrogens (tertiary/aromatic N) is 2. The van der Waals surface area contributed by atoms with Crippen LogP contribution in [-0.4, -0.2) is 28.6 Å². The second-order valence-electron chi connectivity index (χ2n) is 4.18. The standard InChI is InChI=1S/C12H11ClF2N2O2/c1-12(18,11(14)15)8-5-17-10(19-2)7-4-16-9(13)3-6(7)8/h3-5,11,18H,1-2H3. The predicted octanol–water partition coefficient (Wildman–Crippen LogP) is 2.76. The Kier molecular flexibility index (Phi) is 3.56. The summed E-state index contributed by atoms with van der Waals surface area (Å²) in [7, 11) is 1.40. The van der Waals surface area contributed by atoms with E-state index in [0.717, 1.165) is 13.1 Å². The maximum absolute atomic E-state index is 13.0. The van der Waals surface area contributed by atoms with Crippen LogP contribution < -0.4 is 4.74 Å². The zero-order valence-electron chi connectivity index (χ0n) is 10.2. The Morgan fingerprint density at radius 3 is 2.58 bits per heavy atom. The van der Waals surface area contributed by atoms with Gasteiger partial charge in [-0.2, -0.15) is 0 Å². The van der Waals surface area contributed by atoms with Gasteiger partial charge in [-0.15, -0.1) is 0 Å². The number of rotatable bonds is 3. The number of halogens is 3. The molecule has 0 aliphatic heterocycles. The van der Waals surface area contributed by atoms with Crippen LogP contribution in [0.5, 0.6) is 5.88 Å². The van der Waals surface area contributed by atoms with Crippen LogP contribution in [0.15, 0.2) is 18.5 Å². The van der Waals surface area contributed by atoms with Crippen LogP contribution in [0.4, 0.5) is 8.78 Å². The number of ether oxygens (including phenoxy) is 1. The molecule has 0 fully saturated rings. The Morgan fingerprint density at radius 1 is 1.32 bits per heavy atom. The molecule has 4 nitrogen and oxygen atoms in total. The molecule has 1 unspecified atom stereocenters. The van der Waals surface area contributed by atoms with Crippen molar-refractivity contribution in [3.05, 3.63) is 29.2 Å². The molecule has 0 bridgehead atoms. The van der Waals surface area contributed by atoms with Crippen molar-refractivity contribution in [3.63, 3.8) is 0 Å². The van der Waals surface area contributed by atoms with Crippen LogP contribution in [0.25, 0.3) is 10.8 Å². The molecule has 2 aromatic rings. The molecule has 0 aromatic carbocycles. The number of aromatic nitrogens is 2. The highest BCUT2D eigenvalue weighted by Crippen LogP contribution is 2.36. The molecular formula is C12H11ClF2N2O2. The number of hydrogen-bond acceptors (Lipinski definition) is 4. The second-order valence-corrected chi connectivity index (χ2v) is 4.57. The first-order valence-corrected chi connectivity index (χ1v) is 5.75. The fourth-order valence-corrected chi connectivity index (χ4v) is 1.93. The average molecular weight is 289 g/mol.